The highest BCUT2D eigenvalue weighted by Crippen LogP contribution is 2.17. The number of hydrogen-bond acceptors (Lipinski definition) is 6. The Kier molecular flexibility index (Phi) is 8.17. The quantitative estimate of drug-likeness (QED) is 0.424. The molecule has 1 fully saturated rings. The Morgan fingerprint density at radius 3 is 2.64 bits per heavy atom. The molecule has 0 saturated carbocycles. The van der Waals surface area contributed by atoms with E-state index in [1.165, 1.54) is 0 Å². The molecule has 1 aliphatic heterocycles. The number of hydrogen-bond donors (Lipinski definition) is 0. The molecule has 0 unspecified atom stereocenters. The minimum Gasteiger partial charge on any atom is -0.463 e. The summed E-state index contributed by atoms with van der Waals surface area (Å²) in [7, 11) is 0. The van der Waals surface area contributed by atoms with Crippen LogP contribution in [0, 0.1) is 0 Å². The molecule has 0 radical (unpaired) electrons. The molecule has 1 aliphatic rings. The molecular weight excluding hydrogens is 288 g/mol. The Hall–Kier alpha value is -1.92. The third-order valence-corrected chi connectivity index (χ3v) is 2.72. The van der Waals surface area contributed by atoms with Crippen molar-refractivity contribution < 1.29 is 28.5 Å². The van der Waals surface area contributed by atoms with Crippen molar-refractivity contribution in [2.24, 2.45) is 0 Å². The van der Waals surface area contributed by atoms with Crippen LogP contribution < -0.4 is 0 Å². The fourth-order valence-corrected chi connectivity index (χ4v) is 1.74. The molecule has 1 heterocycles. The number of carbonyl (C=O) groups is 2. The van der Waals surface area contributed by atoms with Gasteiger partial charge in [-0.15, -0.1) is 0 Å². The highest BCUT2D eigenvalue weighted by Gasteiger charge is 2.30. The lowest BCUT2D eigenvalue weighted by molar-refractivity contribution is -0.237. The summed E-state index contributed by atoms with van der Waals surface area (Å²) in [6, 6.07) is 0. The molecule has 1 rings (SSSR count). The number of rotatable bonds is 6. The average Bonchev–Trinajstić information content (AvgIpc) is 2.48. The van der Waals surface area contributed by atoms with Crippen LogP contribution in [0.25, 0.3) is 0 Å². The maximum Gasteiger partial charge on any atom is 0.331 e. The van der Waals surface area contributed by atoms with Crippen LogP contribution in [-0.2, 0) is 28.5 Å². The standard InChI is InChI=1S/C16H22O6/c1-4-6-7-8-13-14(11-20-12(3)21-13)22-16(18)10-9-15(17)19-5-2/h4,6-10,12-14H,5,11H2,1-3H3/b6-4-,8-7+,10-9-/t12-,13+,14-/m1/s1. The maximum atomic E-state index is 11.7. The molecule has 0 aromatic rings. The van der Waals surface area contributed by atoms with E-state index in [2.05, 4.69) is 4.74 Å². The van der Waals surface area contributed by atoms with E-state index in [0.717, 1.165) is 12.2 Å². The van der Waals surface area contributed by atoms with Crippen LogP contribution in [0.5, 0.6) is 0 Å². The van der Waals surface area contributed by atoms with Crippen molar-refractivity contribution in [2.75, 3.05) is 13.2 Å². The molecule has 1 saturated heterocycles. The van der Waals surface area contributed by atoms with Crippen LogP contribution in [0.2, 0.25) is 0 Å². The van der Waals surface area contributed by atoms with Crippen molar-refractivity contribution in [3.05, 3.63) is 36.5 Å². The Bertz CT molecular complexity index is 452. The zero-order valence-corrected chi connectivity index (χ0v) is 13.1. The fraction of sp³-hybridized carbons (Fsp3) is 0.500. The van der Waals surface area contributed by atoms with Gasteiger partial charge in [-0.1, -0.05) is 24.3 Å². The molecule has 0 aromatic heterocycles. The summed E-state index contributed by atoms with van der Waals surface area (Å²) in [6.07, 6.45) is 8.06. The molecule has 0 spiro atoms. The van der Waals surface area contributed by atoms with E-state index in [9.17, 15) is 9.59 Å². The summed E-state index contributed by atoms with van der Waals surface area (Å²) in [4.78, 5) is 22.8. The number of carbonyl (C=O) groups excluding carboxylic acids is 2. The number of esters is 2. The first kappa shape index (κ1) is 18.1. The van der Waals surface area contributed by atoms with Crippen LogP contribution in [0.3, 0.4) is 0 Å². The Morgan fingerprint density at radius 2 is 1.95 bits per heavy atom. The van der Waals surface area contributed by atoms with Crippen molar-refractivity contribution in [1.29, 1.82) is 0 Å². The Balaban J connectivity index is 2.59. The third kappa shape index (κ3) is 6.69. The average molecular weight is 310 g/mol. The summed E-state index contributed by atoms with van der Waals surface area (Å²) in [5.41, 5.74) is 0. The van der Waals surface area contributed by atoms with E-state index in [-0.39, 0.29) is 19.5 Å². The molecule has 3 atom stereocenters. The molecular formula is C16H22O6. The second-order valence-corrected chi connectivity index (χ2v) is 4.47. The van der Waals surface area contributed by atoms with Crippen LogP contribution in [0.4, 0.5) is 0 Å². The second kappa shape index (κ2) is 9.92. The van der Waals surface area contributed by atoms with Gasteiger partial charge in [0.25, 0.3) is 0 Å². The van der Waals surface area contributed by atoms with Crippen LogP contribution in [0.15, 0.2) is 36.5 Å². The molecule has 0 N–H and O–H groups in total. The first-order chi connectivity index (χ1) is 10.6. The van der Waals surface area contributed by atoms with Gasteiger partial charge in [-0.05, 0) is 20.8 Å². The molecule has 0 amide bonds. The summed E-state index contributed by atoms with van der Waals surface area (Å²) in [5.74, 6) is -1.24. The summed E-state index contributed by atoms with van der Waals surface area (Å²) >= 11 is 0. The van der Waals surface area contributed by atoms with Crippen molar-refractivity contribution in [3.63, 3.8) is 0 Å². The van der Waals surface area contributed by atoms with E-state index < -0.39 is 24.1 Å². The third-order valence-electron chi connectivity index (χ3n) is 2.72. The summed E-state index contributed by atoms with van der Waals surface area (Å²) < 4.78 is 20.8. The molecule has 0 bridgehead atoms. The van der Waals surface area contributed by atoms with Crippen molar-refractivity contribution in [1.82, 2.24) is 0 Å². The SMILES string of the molecule is C/C=C\C=C\[C@@H]1O[C@H](C)OC[C@H]1OC(=O)/C=C\C(=O)OCC. The van der Waals surface area contributed by atoms with Gasteiger partial charge in [-0.25, -0.2) is 9.59 Å². The van der Waals surface area contributed by atoms with Crippen LogP contribution in [-0.4, -0.2) is 43.7 Å². The van der Waals surface area contributed by atoms with Gasteiger partial charge in [0.15, 0.2) is 12.4 Å². The van der Waals surface area contributed by atoms with Crippen LogP contribution in [0.1, 0.15) is 20.8 Å². The van der Waals surface area contributed by atoms with Gasteiger partial charge in [0.2, 0.25) is 0 Å². The molecule has 0 aromatic carbocycles. The highest BCUT2D eigenvalue weighted by atomic mass is 16.7. The molecule has 6 heteroatoms. The fourth-order valence-electron chi connectivity index (χ4n) is 1.74. The van der Waals surface area contributed by atoms with Crippen molar-refractivity contribution in [2.45, 2.75) is 39.3 Å². The zero-order valence-electron chi connectivity index (χ0n) is 13.1. The lowest BCUT2D eigenvalue weighted by Crippen LogP contribution is -2.44. The first-order valence-corrected chi connectivity index (χ1v) is 7.18. The monoisotopic (exact) mass is 310 g/mol. The van der Waals surface area contributed by atoms with E-state index in [1.54, 1.807) is 19.9 Å². The normalized spacial score (nSPS) is 25.9. The highest BCUT2D eigenvalue weighted by molar-refractivity contribution is 5.91. The molecule has 0 aliphatic carbocycles. The summed E-state index contributed by atoms with van der Waals surface area (Å²) in [6.45, 7) is 5.83. The largest absolute Gasteiger partial charge is 0.463 e. The predicted molar refractivity (Wildman–Crippen MR) is 79.9 cm³/mol. The van der Waals surface area contributed by atoms with Gasteiger partial charge < -0.3 is 18.9 Å². The molecule has 6 nitrogen and oxygen atoms in total. The van der Waals surface area contributed by atoms with Crippen molar-refractivity contribution >= 4 is 11.9 Å². The maximum absolute atomic E-state index is 11.7. The molecule has 22 heavy (non-hydrogen) atoms. The number of ether oxygens (including phenoxy) is 4. The van der Waals surface area contributed by atoms with E-state index in [0.29, 0.717) is 0 Å². The Morgan fingerprint density at radius 1 is 1.23 bits per heavy atom. The number of allylic oxidation sites excluding steroid dienone is 3. The van der Waals surface area contributed by atoms with Gasteiger partial charge in [0, 0.05) is 12.2 Å². The van der Waals surface area contributed by atoms with E-state index in [1.807, 2.05) is 25.2 Å². The lowest BCUT2D eigenvalue weighted by Gasteiger charge is -2.32. The lowest BCUT2D eigenvalue weighted by atomic mass is 10.1. The van der Waals surface area contributed by atoms with Crippen molar-refractivity contribution in [3.8, 4) is 0 Å². The topological polar surface area (TPSA) is 71.1 Å². The predicted octanol–water partition coefficient (Wildman–Crippen LogP) is 1.91. The van der Waals surface area contributed by atoms with Gasteiger partial charge in [0.05, 0.1) is 13.2 Å². The minimum absolute atomic E-state index is 0.227. The Labute approximate surface area is 130 Å². The minimum atomic E-state index is -0.649. The smallest absolute Gasteiger partial charge is 0.331 e. The van der Waals surface area contributed by atoms with Crippen LogP contribution >= 0.6 is 0 Å². The van der Waals surface area contributed by atoms with E-state index in [4.69, 9.17) is 14.2 Å². The van der Waals surface area contributed by atoms with Gasteiger partial charge in [0.1, 0.15) is 6.10 Å². The second-order valence-electron chi connectivity index (χ2n) is 4.47. The van der Waals surface area contributed by atoms with E-state index >= 15 is 0 Å². The zero-order chi connectivity index (χ0) is 16.4. The van der Waals surface area contributed by atoms with Gasteiger partial charge in [-0.2, -0.15) is 0 Å². The first-order valence-electron chi connectivity index (χ1n) is 7.18. The molecule has 122 valence electrons. The van der Waals surface area contributed by atoms with Gasteiger partial charge in [-0.3, -0.25) is 0 Å². The van der Waals surface area contributed by atoms with Gasteiger partial charge >= 0.3 is 11.9 Å². The summed E-state index contributed by atoms with van der Waals surface area (Å²) in [5, 5.41) is 0.